The van der Waals surface area contributed by atoms with E-state index in [1.165, 1.54) is 18.2 Å². The smallest absolute Gasteiger partial charge is 0.423 e. The van der Waals surface area contributed by atoms with Gasteiger partial charge in [-0.3, -0.25) is 10.1 Å². The predicted octanol–water partition coefficient (Wildman–Crippen LogP) is 3.77. The van der Waals surface area contributed by atoms with Crippen LogP contribution in [0, 0.1) is 17.0 Å². The summed E-state index contributed by atoms with van der Waals surface area (Å²) >= 11 is 0. The van der Waals surface area contributed by atoms with Crippen LogP contribution in [0.1, 0.15) is 16.9 Å². The van der Waals surface area contributed by atoms with Gasteiger partial charge in [-0.25, -0.2) is 4.79 Å². The lowest BCUT2D eigenvalue weighted by Crippen LogP contribution is -1.97. The third-order valence-corrected chi connectivity index (χ3v) is 3.15. The predicted molar refractivity (Wildman–Crippen MR) is 81.5 cm³/mol. The van der Waals surface area contributed by atoms with Crippen molar-refractivity contribution in [1.29, 1.82) is 0 Å². The van der Waals surface area contributed by atoms with Crippen LogP contribution >= 0.6 is 0 Å². The number of rotatable bonds is 3. The Hall–Kier alpha value is -3.15. The second-order valence-electron chi connectivity index (χ2n) is 4.79. The van der Waals surface area contributed by atoms with Crippen LogP contribution in [0.3, 0.4) is 0 Å². The third-order valence-electron chi connectivity index (χ3n) is 3.15. The first-order chi connectivity index (χ1) is 10.5. The van der Waals surface area contributed by atoms with Crippen LogP contribution in [0.25, 0.3) is 23.1 Å². The van der Waals surface area contributed by atoms with Crippen LogP contribution in [0.4, 0.5) is 5.88 Å². The molecule has 0 N–H and O–H groups in total. The molecule has 0 amide bonds. The highest BCUT2D eigenvalue weighted by molar-refractivity contribution is 5.89. The highest BCUT2D eigenvalue weighted by Crippen LogP contribution is 2.22. The lowest BCUT2D eigenvalue weighted by molar-refractivity contribution is -0.402. The number of nitro groups is 1. The van der Waals surface area contributed by atoms with Gasteiger partial charge in [0.05, 0.1) is 6.07 Å². The van der Waals surface area contributed by atoms with Crippen molar-refractivity contribution < 1.29 is 13.8 Å². The Morgan fingerprint density at radius 3 is 2.64 bits per heavy atom. The van der Waals surface area contributed by atoms with Gasteiger partial charge >= 0.3 is 11.5 Å². The summed E-state index contributed by atoms with van der Waals surface area (Å²) in [7, 11) is 0. The first-order valence-electron chi connectivity index (χ1n) is 6.50. The molecule has 0 aliphatic carbocycles. The third kappa shape index (κ3) is 2.67. The zero-order chi connectivity index (χ0) is 15.7. The minimum atomic E-state index is -0.605. The molecular weight excluding hydrogens is 286 g/mol. The summed E-state index contributed by atoms with van der Waals surface area (Å²) in [6.07, 6.45) is 3.23. The molecule has 0 aliphatic rings. The fraction of sp³-hybridized carbons (Fsp3) is 0.0625. The van der Waals surface area contributed by atoms with Crippen molar-refractivity contribution in [3.05, 3.63) is 73.8 Å². The molecule has 2 heterocycles. The van der Waals surface area contributed by atoms with E-state index in [0.29, 0.717) is 16.9 Å². The van der Waals surface area contributed by atoms with Crippen LogP contribution in [0.5, 0.6) is 0 Å². The molecule has 0 unspecified atom stereocenters. The first kappa shape index (κ1) is 13.8. The summed E-state index contributed by atoms with van der Waals surface area (Å²) in [4.78, 5) is 21.6. The number of furan rings is 1. The van der Waals surface area contributed by atoms with Gasteiger partial charge in [0, 0.05) is 11.5 Å². The van der Waals surface area contributed by atoms with Gasteiger partial charge in [0.25, 0.3) is 0 Å². The van der Waals surface area contributed by atoms with Gasteiger partial charge in [0.2, 0.25) is 0 Å². The number of fused-ring (bicyclic) bond motifs is 1. The highest BCUT2D eigenvalue weighted by atomic mass is 16.6. The Morgan fingerprint density at radius 1 is 1.09 bits per heavy atom. The van der Waals surface area contributed by atoms with Crippen molar-refractivity contribution in [2.45, 2.75) is 6.92 Å². The zero-order valence-corrected chi connectivity index (χ0v) is 11.6. The number of hydrogen-bond donors (Lipinski definition) is 0. The Bertz CT molecular complexity index is 949. The molecule has 110 valence electrons. The minimum absolute atomic E-state index is 0.326. The summed E-state index contributed by atoms with van der Waals surface area (Å²) in [5.41, 5.74) is 1.68. The first-order valence-corrected chi connectivity index (χ1v) is 6.50. The molecule has 6 nitrogen and oxygen atoms in total. The molecule has 0 atom stereocenters. The zero-order valence-electron chi connectivity index (χ0n) is 11.6. The van der Waals surface area contributed by atoms with Gasteiger partial charge in [-0.1, -0.05) is 18.2 Å². The van der Waals surface area contributed by atoms with Crippen molar-refractivity contribution in [3.63, 3.8) is 0 Å². The van der Waals surface area contributed by atoms with Crippen LogP contribution in [-0.4, -0.2) is 4.92 Å². The van der Waals surface area contributed by atoms with Gasteiger partial charge in [0.1, 0.15) is 16.3 Å². The molecule has 2 aromatic heterocycles. The van der Waals surface area contributed by atoms with E-state index < -0.39 is 10.5 Å². The number of aryl methyl sites for hydroxylation is 1. The van der Waals surface area contributed by atoms with Crippen molar-refractivity contribution in [1.82, 2.24) is 0 Å². The monoisotopic (exact) mass is 297 g/mol. The van der Waals surface area contributed by atoms with Gasteiger partial charge in [0.15, 0.2) is 0 Å². The maximum atomic E-state index is 11.6. The SMILES string of the molecule is Cc1ccc2c(/C=C/c3ccc([N+](=O)[O-])o3)cc(=O)oc2c1. The highest BCUT2D eigenvalue weighted by Gasteiger charge is 2.10. The fourth-order valence-corrected chi connectivity index (χ4v) is 2.13. The molecule has 3 aromatic rings. The van der Waals surface area contributed by atoms with Crippen LogP contribution in [-0.2, 0) is 0 Å². The number of nitrogens with zero attached hydrogens (tertiary/aromatic N) is 1. The number of benzene rings is 1. The van der Waals surface area contributed by atoms with E-state index in [-0.39, 0.29) is 5.88 Å². The molecule has 0 radical (unpaired) electrons. The molecule has 0 aliphatic heterocycles. The second-order valence-corrected chi connectivity index (χ2v) is 4.79. The van der Waals surface area contributed by atoms with E-state index >= 15 is 0 Å². The normalized spacial score (nSPS) is 11.3. The summed E-state index contributed by atoms with van der Waals surface area (Å²) < 4.78 is 10.2. The lowest BCUT2D eigenvalue weighted by Gasteiger charge is -2.01. The van der Waals surface area contributed by atoms with Gasteiger partial charge in [-0.15, -0.1) is 0 Å². The molecule has 0 fully saturated rings. The second kappa shape index (κ2) is 5.33. The largest absolute Gasteiger partial charge is 0.433 e. The average Bonchev–Trinajstić information content (AvgIpc) is 2.93. The Labute approximate surface area is 124 Å². The summed E-state index contributed by atoms with van der Waals surface area (Å²) in [5, 5.41) is 11.4. The Morgan fingerprint density at radius 2 is 1.91 bits per heavy atom. The molecular formula is C16H11NO5. The van der Waals surface area contributed by atoms with Crippen molar-refractivity contribution in [2.75, 3.05) is 0 Å². The van der Waals surface area contributed by atoms with Crippen molar-refractivity contribution >= 4 is 29.0 Å². The summed E-state index contributed by atoms with van der Waals surface area (Å²) in [5.74, 6) is 0.00732. The molecule has 3 rings (SSSR count). The number of hydrogen-bond acceptors (Lipinski definition) is 5. The van der Waals surface area contributed by atoms with E-state index in [1.807, 2.05) is 19.1 Å². The van der Waals surface area contributed by atoms with Crippen LogP contribution in [0.2, 0.25) is 0 Å². The van der Waals surface area contributed by atoms with Gasteiger partial charge < -0.3 is 8.83 Å². The summed E-state index contributed by atoms with van der Waals surface area (Å²) in [6.45, 7) is 1.91. The topological polar surface area (TPSA) is 86.5 Å². The Balaban J connectivity index is 2.04. The molecule has 1 aromatic carbocycles. The molecule has 6 heteroatoms. The van der Waals surface area contributed by atoms with Crippen LogP contribution in [0.15, 0.2) is 50.0 Å². The minimum Gasteiger partial charge on any atom is -0.423 e. The van der Waals surface area contributed by atoms with Gasteiger partial charge in [-0.2, -0.15) is 0 Å². The van der Waals surface area contributed by atoms with Crippen molar-refractivity contribution in [2.24, 2.45) is 0 Å². The molecule has 0 saturated carbocycles. The quantitative estimate of drug-likeness (QED) is 0.417. The van der Waals surface area contributed by atoms with E-state index in [9.17, 15) is 14.9 Å². The van der Waals surface area contributed by atoms with E-state index in [1.54, 1.807) is 18.2 Å². The lowest BCUT2D eigenvalue weighted by atomic mass is 10.1. The molecule has 0 spiro atoms. The molecule has 0 saturated heterocycles. The van der Waals surface area contributed by atoms with Crippen LogP contribution < -0.4 is 5.63 Å². The molecule has 0 bridgehead atoms. The van der Waals surface area contributed by atoms with E-state index in [2.05, 4.69) is 0 Å². The maximum absolute atomic E-state index is 11.6. The molecule has 22 heavy (non-hydrogen) atoms. The fourth-order valence-electron chi connectivity index (χ4n) is 2.13. The average molecular weight is 297 g/mol. The maximum Gasteiger partial charge on any atom is 0.433 e. The van der Waals surface area contributed by atoms with E-state index in [0.717, 1.165) is 10.9 Å². The Kier molecular flexibility index (Phi) is 3.34. The summed E-state index contributed by atoms with van der Waals surface area (Å²) in [6, 6.07) is 9.69. The van der Waals surface area contributed by atoms with Crippen molar-refractivity contribution in [3.8, 4) is 0 Å². The van der Waals surface area contributed by atoms with Gasteiger partial charge in [-0.05, 0) is 36.3 Å². The van der Waals surface area contributed by atoms with E-state index in [4.69, 9.17) is 8.83 Å². The standard InChI is InChI=1S/C16H11NO5/c1-10-2-6-13-11(9-16(18)22-14(13)8-10)3-4-12-5-7-15(21-12)17(19)20/h2-9H,1H3/b4-3+.